The Morgan fingerprint density at radius 2 is 1.95 bits per heavy atom. The van der Waals surface area contributed by atoms with Crippen molar-refractivity contribution in [1.29, 1.82) is 0 Å². The standard InChI is InChI=1S/C18H24N2O/c1-17-7-12-5-13(8-17)10-18(9-12,11-17)16(21)20-15-4-2-3-14(19)6-15/h2-4,6,12-13H,5,7-11,19H2,1H3,(H,20,21). The molecule has 4 saturated carbocycles. The molecule has 21 heavy (non-hydrogen) atoms. The van der Waals surface area contributed by atoms with Crippen molar-refractivity contribution in [3.05, 3.63) is 24.3 Å². The molecule has 3 N–H and O–H groups in total. The molecular formula is C18H24N2O. The number of amides is 1. The van der Waals surface area contributed by atoms with Crippen LogP contribution in [0.15, 0.2) is 24.3 Å². The van der Waals surface area contributed by atoms with E-state index in [1.807, 2.05) is 24.3 Å². The Balaban J connectivity index is 1.59. The van der Waals surface area contributed by atoms with E-state index in [9.17, 15) is 4.79 Å². The second-order valence-electron chi connectivity index (χ2n) is 8.13. The Morgan fingerprint density at radius 1 is 1.24 bits per heavy atom. The van der Waals surface area contributed by atoms with Gasteiger partial charge in [0.1, 0.15) is 0 Å². The average Bonchev–Trinajstić information content (AvgIpc) is 2.35. The summed E-state index contributed by atoms with van der Waals surface area (Å²) in [6.07, 6.45) is 7.26. The summed E-state index contributed by atoms with van der Waals surface area (Å²) >= 11 is 0. The molecule has 4 fully saturated rings. The van der Waals surface area contributed by atoms with Gasteiger partial charge in [-0.05, 0) is 74.0 Å². The van der Waals surface area contributed by atoms with Crippen LogP contribution >= 0.6 is 0 Å². The van der Waals surface area contributed by atoms with Crippen LogP contribution in [0.4, 0.5) is 11.4 Å². The SMILES string of the molecule is CC12CC3CC(C1)CC(C(=O)Nc1cccc(N)c1)(C3)C2. The van der Waals surface area contributed by atoms with Crippen LogP contribution in [-0.2, 0) is 4.79 Å². The summed E-state index contributed by atoms with van der Waals surface area (Å²) in [7, 11) is 0. The lowest BCUT2D eigenvalue weighted by Crippen LogP contribution is -2.55. The number of rotatable bonds is 2. The highest BCUT2D eigenvalue weighted by molar-refractivity contribution is 5.96. The minimum absolute atomic E-state index is 0.122. The molecule has 112 valence electrons. The topological polar surface area (TPSA) is 55.1 Å². The zero-order valence-electron chi connectivity index (χ0n) is 12.7. The molecule has 0 aromatic heterocycles. The Morgan fingerprint density at radius 3 is 2.57 bits per heavy atom. The quantitative estimate of drug-likeness (QED) is 0.811. The number of hydrogen-bond donors (Lipinski definition) is 2. The fraction of sp³-hybridized carbons (Fsp3) is 0.611. The first-order chi connectivity index (χ1) is 9.96. The molecule has 4 aliphatic rings. The van der Waals surface area contributed by atoms with Gasteiger partial charge in [-0.1, -0.05) is 13.0 Å². The van der Waals surface area contributed by atoms with Crippen molar-refractivity contribution in [3.8, 4) is 0 Å². The molecule has 2 atom stereocenters. The van der Waals surface area contributed by atoms with Gasteiger partial charge in [0.25, 0.3) is 0 Å². The number of hydrogen-bond acceptors (Lipinski definition) is 2. The molecule has 1 aromatic carbocycles. The van der Waals surface area contributed by atoms with Gasteiger partial charge in [-0.25, -0.2) is 0 Å². The van der Waals surface area contributed by atoms with Gasteiger partial charge in [0.15, 0.2) is 0 Å². The lowest BCUT2D eigenvalue weighted by molar-refractivity contribution is -0.149. The number of nitrogen functional groups attached to an aromatic ring is 1. The van der Waals surface area contributed by atoms with E-state index in [1.165, 1.54) is 19.3 Å². The molecule has 5 rings (SSSR count). The van der Waals surface area contributed by atoms with Gasteiger partial charge >= 0.3 is 0 Å². The van der Waals surface area contributed by atoms with E-state index in [0.717, 1.165) is 36.8 Å². The molecule has 0 radical (unpaired) electrons. The highest BCUT2D eigenvalue weighted by Gasteiger charge is 2.58. The van der Waals surface area contributed by atoms with Gasteiger partial charge in [0.2, 0.25) is 5.91 Å². The number of anilines is 2. The van der Waals surface area contributed by atoms with E-state index in [0.29, 0.717) is 11.1 Å². The average molecular weight is 284 g/mol. The van der Waals surface area contributed by atoms with Gasteiger partial charge in [-0.2, -0.15) is 0 Å². The highest BCUT2D eigenvalue weighted by atomic mass is 16.2. The fourth-order valence-electron chi connectivity index (χ4n) is 5.87. The molecule has 0 heterocycles. The van der Waals surface area contributed by atoms with E-state index in [2.05, 4.69) is 12.2 Å². The monoisotopic (exact) mass is 284 g/mol. The van der Waals surface area contributed by atoms with Crippen molar-refractivity contribution in [2.75, 3.05) is 11.1 Å². The van der Waals surface area contributed by atoms with Crippen molar-refractivity contribution in [3.63, 3.8) is 0 Å². The van der Waals surface area contributed by atoms with Crippen molar-refractivity contribution < 1.29 is 4.79 Å². The maximum absolute atomic E-state index is 13.0. The van der Waals surface area contributed by atoms with Gasteiger partial charge in [-0.3, -0.25) is 4.79 Å². The summed E-state index contributed by atoms with van der Waals surface area (Å²) in [6.45, 7) is 2.40. The van der Waals surface area contributed by atoms with E-state index < -0.39 is 0 Å². The highest BCUT2D eigenvalue weighted by Crippen LogP contribution is 2.65. The van der Waals surface area contributed by atoms with Crippen molar-refractivity contribution in [1.82, 2.24) is 0 Å². The first kappa shape index (κ1) is 13.2. The molecule has 0 aliphatic heterocycles. The molecule has 1 amide bonds. The van der Waals surface area contributed by atoms with Crippen LogP contribution in [0.25, 0.3) is 0 Å². The predicted molar refractivity (Wildman–Crippen MR) is 84.7 cm³/mol. The summed E-state index contributed by atoms with van der Waals surface area (Å²) in [5.41, 5.74) is 7.62. The van der Waals surface area contributed by atoms with Crippen LogP contribution in [0.5, 0.6) is 0 Å². The summed E-state index contributed by atoms with van der Waals surface area (Å²) in [5, 5.41) is 3.14. The van der Waals surface area contributed by atoms with Gasteiger partial charge < -0.3 is 11.1 Å². The Kier molecular flexibility index (Phi) is 2.66. The predicted octanol–water partition coefficient (Wildman–Crippen LogP) is 3.81. The molecule has 0 saturated heterocycles. The third kappa shape index (κ3) is 2.14. The maximum Gasteiger partial charge on any atom is 0.230 e. The van der Waals surface area contributed by atoms with Gasteiger partial charge in [0.05, 0.1) is 5.41 Å². The van der Waals surface area contributed by atoms with Crippen LogP contribution in [0.1, 0.15) is 45.4 Å². The van der Waals surface area contributed by atoms with Crippen LogP contribution in [0.2, 0.25) is 0 Å². The Bertz CT molecular complexity index is 581. The molecule has 2 unspecified atom stereocenters. The van der Waals surface area contributed by atoms with Gasteiger partial charge in [0, 0.05) is 11.4 Å². The number of carbonyl (C=O) groups excluding carboxylic acids is 1. The van der Waals surface area contributed by atoms with E-state index in [1.54, 1.807) is 0 Å². The molecular weight excluding hydrogens is 260 g/mol. The number of nitrogens with two attached hydrogens (primary N) is 1. The fourth-order valence-corrected chi connectivity index (χ4v) is 5.87. The van der Waals surface area contributed by atoms with Crippen LogP contribution < -0.4 is 11.1 Å². The van der Waals surface area contributed by atoms with Crippen LogP contribution in [0, 0.1) is 22.7 Å². The minimum atomic E-state index is -0.122. The lowest BCUT2D eigenvalue weighted by Gasteiger charge is -2.60. The van der Waals surface area contributed by atoms with Crippen LogP contribution in [0.3, 0.4) is 0 Å². The normalized spacial score (nSPS) is 40.2. The van der Waals surface area contributed by atoms with E-state index in [4.69, 9.17) is 5.73 Å². The zero-order valence-corrected chi connectivity index (χ0v) is 12.7. The van der Waals surface area contributed by atoms with E-state index in [-0.39, 0.29) is 11.3 Å². The van der Waals surface area contributed by atoms with Gasteiger partial charge in [-0.15, -0.1) is 0 Å². The lowest BCUT2D eigenvalue weighted by atomic mass is 9.44. The first-order valence-electron chi connectivity index (χ1n) is 8.13. The molecule has 1 aromatic rings. The van der Waals surface area contributed by atoms with Crippen molar-refractivity contribution >= 4 is 17.3 Å². The molecule has 3 nitrogen and oxygen atoms in total. The molecule has 0 spiro atoms. The number of benzene rings is 1. The minimum Gasteiger partial charge on any atom is -0.399 e. The Labute approximate surface area is 126 Å². The number of carbonyl (C=O) groups is 1. The molecule has 4 aliphatic carbocycles. The number of nitrogens with one attached hydrogen (secondary N) is 1. The Hall–Kier alpha value is -1.51. The summed E-state index contributed by atoms with van der Waals surface area (Å²) in [4.78, 5) is 13.0. The summed E-state index contributed by atoms with van der Waals surface area (Å²) in [6, 6.07) is 7.52. The zero-order chi connectivity index (χ0) is 14.7. The van der Waals surface area contributed by atoms with E-state index >= 15 is 0 Å². The second-order valence-corrected chi connectivity index (χ2v) is 8.13. The second kappa shape index (κ2) is 4.25. The third-order valence-electron chi connectivity index (χ3n) is 5.98. The van der Waals surface area contributed by atoms with Crippen molar-refractivity contribution in [2.45, 2.75) is 45.4 Å². The largest absolute Gasteiger partial charge is 0.399 e. The van der Waals surface area contributed by atoms with Crippen molar-refractivity contribution in [2.24, 2.45) is 22.7 Å². The molecule has 4 bridgehead atoms. The molecule has 3 heteroatoms. The third-order valence-corrected chi connectivity index (χ3v) is 5.98. The summed E-state index contributed by atoms with van der Waals surface area (Å²) < 4.78 is 0. The maximum atomic E-state index is 13.0. The smallest absolute Gasteiger partial charge is 0.230 e. The summed E-state index contributed by atoms with van der Waals surface area (Å²) in [5.74, 6) is 1.76. The van der Waals surface area contributed by atoms with Crippen LogP contribution in [-0.4, -0.2) is 5.91 Å². The first-order valence-corrected chi connectivity index (χ1v) is 8.13.